The summed E-state index contributed by atoms with van der Waals surface area (Å²) in [5.74, 6) is -2.14. The van der Waals surface area contributed by atoms with Crippen LogP contribution in [0, 0.1) is 22.7 Å². The first-order chi connectivity index (χ1) is 10.1. The van der Waals surface area contributed by atoms with Crippen LogP contribution in [0.15, 0.2) is 35.2 Å². The van der Waals surface area contributed by atoms with Gasteiger partial charge in [0.1, 0.15) is 0 Å². The van der Waals surface area contributed by atoms with E-state index in [1.54, 1.807) is 0 Å². The fraction of sp³-hybridized carbons (Fsp3) is 0.400. The largest absolute Gasteiger partial charge is 0.468 e. The lowest BCUT2D eigenvalue weighted by Gasteiger charge is -2.47. The number of carbonyl (C=O) groups excluding carboxylic acids is 2. The maximum absolute atomic E-state index is 12.2. The molecule has 1 aliphatic rings. The van der Waals surface area contributed by atoms with Gasteiger partial charge in [-0.05, 0) is 18.6 Å². The molecule has 0 bridgehead atoms. The van der Waals surface area contributed by atoms with E-state index < -0.39 is 23.3 Å². The van der Waals surface area contributed by atoms with Gasteiger partial charge in [-0.15, -0.1) is 11.8 Å². The Balaban J connectivity index is 2.35. The first kappa shape index (κ1) is 15.4. The lowest BCUT2D eigenvalue weighted by molar-refractivity contribution is -0.179. The number of benzene rings is 1. The molecule has 0 radical (unpaired) electrons. The lowest BCUT2D eigenvalue weighted by atomic mass is 9.60. The number of thioether (sulfide) groups is 1. The zero-order valence-electron chi connectivity index (χ0n) is 11.7. The Labute approximate surface area is 127 Å². The number of rotatable bonds is 4. The quantitative estimate of drug-likeness (QED) is 0.626. The normalized spacial score (nSPS) is 22.5. The second-order valence-corrected chi connectivity index (χ2v) is 5.97. The number of hydrogen-bond acceptors (Lipinski definition) is 6. The molecular weight excluding hydrogens is 290 g/mol. The van der Waals surface area contributed by atoms with Crippen molar-refractivity contribution in [3.63, 3.8) is 0 Å². The van der Waals surface area contributed by atoms with E-state index in [9.17, 15) is 14.9 Å². The second-order valence-electron chi connectivity index (χ2n) is 4.69. The minimum atomic E-state index is -1.54. The van der Waals surface area contributed by atoms with Gasteiger partial charge in [-0.1, -0.05) is 18.2 Å². The molecule has 1 aromatic rings. The molecule has 0 amide bonds. The number of hydrogen-bond donors (Lipinski definition) is 0. The Morgan fingerprint density at radius 1 is 1.24 bits per heavy atom. The number of carbonyl (C=O) groups is 2. The first-order valence-corrected chi connectivity index (χ1v) is 7.27. The molecule has 110 valence electrons. The number of ether oxygens (including phenoxy) is 2. The van der Waals surface area contributed by atoms with Crippen LogP contribution in [0.2, 0.25) is 0 Å². The van der Waals surface area contributed by atoms with Crippen LogP contribution in [-0.4, -0.2) is 31.4 Å². The van der Waals surface area contributed by atoms with E-state index in [2.05, 4.69) is 0 Å². The molecule has 0 heterocycles. The zero-order chi connectivity index (χ0) is 15.5. The van der Waals surface area contributed by atoms with E-state index in [1.807, 2.05) is 36.4 Å². The van der Waals surface area contributed by atoms with Crippen molar-refractivity contribution in [3.05, 3.63) is 30.3 Å². The molecule has 0 saturated heterocycles. The average Bonchev–Trinajstić information content (AvgIpc) is 2.51. The standard InChI is InChI=1S/C15H15NO4S/c1-19-13(17)15(14(18)20-2)10(9-16)8-12(15)21-11-6-4-3-5-7-11/h3-7,10,12H,8H2,1-2H3/t10-,12-/m1/s1. The van der Waals surface area contributed by atoms with Crippen LogP contribution >= 0.6 is 11.8 Å². The molecule has 1 fully saturated rings. The van der Waals surface area contributed by atoms with E-state index >= 15 is 0 Å². The molecule has 1 aromatic carbocycles. The number of nitriles is 1. The van der Waals surface area contributed by atoms with Gasteiger partial charge in [-0.3, -0.25) is 9.59 Å². The SMILES string of the molecule is COC(=O)C1(C(=O)OC)[C@@H](C#N)C[C@H]1Sc1ccccc1. The van der Waals surface area contributed by atoms with Crippen molar-refractivity contribution >= 4 is 23.7 Å². The second kappa shape index (κ2) is 6.19. The molecule has 0 N–H and O–H groups in total. The van der Waals surface area contributed by atoms with Gasteiger partial charge in [-0.2, -0.15) is 5.26 Å². The van der Waals surface area contributed by atoms with E-state index in [0.717, 1.165) is 4.90 Å². The molecule has 1 aliphatic carbocycles. The summed E-state index contributed by atoms with van der Waals surface area (Å²) in [4.78, 5) is 25.3. The van der Waals surface area contributed by atoms with Crippen LogP contribution in [0.25, 0.3) is 0 Å². The summed E-state index contributed by atoms with van der Waals surface area (Å²) in [6, 6.07) is 11.4. The van der Waals surface area contributed by atoms with Crippen molar-refractivity contribution in [2.75, 3.05) is 14.2 Å². The molecule has 21 heavy (non-hydrogen) atoms. The Morgan fingerprint density at radius 2 is 1.81 bits per heavy atom. The fourth-order valence-corrected chi connectivity index (χ4v) is 4.05. The van der Waals surface area contributed by atoms with Crippen LogP contribution in [0.5, 0.6) is 0 Å². The van der Waals surface area contributed by atoms with Gasteiger partial charge in [0.25, 0.3) is 0 Å². The molecule has 0 aliphatic heterocycles. The Bertz CT molecular complexity index is 565. The van der Waals surface area contributed by atoms with Gasteiger partial charge < -0.3 is 9.47 Å². The Kier molecular flexibility index (Phi) is 4.53. The maximum atomic E-state index is 12.2. The zero-order valence-corrected chi connectivity index (χ0v) is 12.6. The highest BCUT2D eigenvalue weighted by molar-refractivity contribution is 8.00. The molecule has 5 nitrogen and oxygen atoms in total. The van der Waals surface area contributed by atoms with E-state index in [-0.39, 0.29) is 5.25 Å². The smallest absolute Gasteiger partial charge is 0.325 e. The van der Waals surface area contributed by atoms with Gasteiger partial charge in [0.2, 0.25) is 0 Å². The van der Waals surface area contributed by atoms with E-state index in [1.165, 1.54) is 26.0 Å². The summed E-state index contributed by atoms with van der Waals surface area (Å²) < 4.78 is 9.55. The van der Waals surface area contributed by atoms with Crippen molar-refractivity contribution in [2.24, 2.45) is 11.3 Å². The minimum absolute atomic E-state index is 0.371. The summed E-state index contributed by atoms with van der Waals surface area (Å²) in [6.07, 6.45) is 0.445. The summed E-state index contributed by atoms with van der Waals surface area (Å²) in [7, 11) is 2.42. The molecule has 6 heteroatoms. The monoisotopic (exact) mass is 305 g/mol. The molecule has 0 spiro atoms. The summed E-state index contributed by atoms with van der Waals surface area (Å²) in [5, 5.41) is 8.85. The van der Waals surface area contributed by atoms with Crippen LogP contribution < -0.4 is 0 Å². The summed E-state index contributed by atoms with van der Waals surface area (Å²) in [6.45, 7) is 0. The molecule has 2 rings (SSSR count). The van der Waals surface area contributed by atoms with Crippen molar-refractivity contribution in [3.8, 4) is 6.07 Å². The number of methoxy groups -OCH3 is 2. The van der Waals surface area contributed by atoms with Crippen LogP contribution in [0.1, 0.15) is 6.42 Å². The predicted octanol–water partition coefficient (Wildman–Crippen LogP) is 2.02. The third kappa shape index (κ3) is 2.38. The van der Waals surface area contributed by atoms with Crippen molar-refractivity contribution < 1.29 is 19.1 Å². The van der Waals surface area contributed by atoms with Crippen LogP contribution in [0.4, 0.5) is 0 Å². The fourth-order valence-electron chi connectivity index (χ4n) is 2.58. The van der Waals surface area contributed by atoms with Gasteiger partial charge in [0.05, 0.1) is 26.2 Å². The Morgan fingerprint density at radius 3 is 2.29 bits per heavy atom. The predicted molar refractivity (Wildman–Crippen MR) is 76.3 cm³/mol. The molecule has 0 unspecified atom stereocenters. The molecule has 2 atom stereocenters. The summed E-state index contributed by atoms with van der Waals surface area (Å²) >= 11 is 1.39. The lowest BCUT2D eigenvalue weighted by Crippen LogP contribution is -2.62. The van der Waals surface area contributed by atoms with Crippen molar-refractivity contribution in [2.45, 2.75) is 16.6 Å². The van der Waals surface area contributed by atoms with Gasteiger partial charge in [0.15, 0.2) is 5.41 Å². The minimum Gasteiger partial charge on any atom is -0.468 e. The summed E-state index contributed by atoms with van der Waals surface area (Å²) in [5.41, 5.74) is -1.54. The molecule has 0 aromatic heterocycles. The van der Waals surface area contributed by atoms with Gasteiger partial charge >= 0.3 is 11.9 Å². The highest BCUT2D eigenvalue weighted by Gasteiger charge is 2.68. The number of esters is 2. The van der Waals surface area contributed by atoms with Gasteiger partial charge in [-0.25, -0.2) is 0 Å². The third-order valence-electron chi connectivity index (χ3n) is 3.73. The number of nitrogens with zero attached hydrogens (tertiary/aromatic N) is 1. The van der Waals surface area contributed by atoms with Crippen LogP contribution in [0.3, 0.4) is 0 Å². The topological polar surface area (TPSA) is 76.4 Å². The first-order valence-electron chi connectivity index (χ1n) is 6.39. The molecular formula is C15H15NO4S. The van der Waals surface area contributed by atoms with E-state index in [4.69, 9.17) is 9.47 Å². The third-order valence-corrected chi connectivity index (χ3v) is 5.12. The van der Waals surface area contributed by atoms with Crippen molar-refractivity contribution in [1.82, 2.24) is 0 Å². The highest BCUT2D eigenvalue weighted by Crippen LogP contribution is 2.55. The average molecular weight is 305 g/mol. The maximum Gasteiger partial charge on any atom is 0.325 e. The van der Waals surface area contributed by atoms with E-state index in [0.29, 0.717) is 6.42 Å². The van der Waals surface area contributed by atoms with Crippen molar-refractivity contribution in [1.29, 1.82) is 5.26 Å². The highest BCUT2D eigenvalue weighted by atomic mass is 32.2. The van der Waals surface area contributed by atoms with Crippen LogP contribution in [-0.2, 0) is 19.1 Å². The molecule has 1 saturated carbocycles. The Hall–Kier alpha value is -2.00. The van der Waals surface area contributed by atoms with Gasteiger partial charge in [0, 0.05) is 10.1 Å².